The van der Waals surface area contributed by atoms with Gasteiger partial charge >= 0.3 is 0 Å². The van der Waals surface area contributed by atoms with Crippen molar-refractivity contribution in [1.82, 2.24) is 4.98 Å². The molecule has 0 aliphatic carbocycles. The Kier molecular flexibility index (Phi) is 3.57. The van der Waals surface area contributed by atoms with E-state index in [9.17, 15) is 15.2 Å². The fraction of sp³-hybridized carbons (Fsp3) is 0.583. The number of piperidine rings is 1. The summed E-state index contributed by atoms with van der Waals surface area (Å²) in [4.78, 5) is 16.8. The number of pyridine rings is 1. The molecule has 1 saturated heterocycles. The van der Waals surface area contributed by atoms with Crippen LogP contribution in [0.4, 0.5) is 17.3 Å². The molecular formula is C12H18N4O3. The maximum absolute atomic E-state index is 10.9. The number of nitrogens with one attached hydrogen (secondary N) is 1. The predicted octanol–water partition coefficient (Wildman–Crippen LogP) is 1.38. The second kappa shape index (κ2) is 5.00. The van der Waals surface area contributed by atoms with Gasteiger partial charge in [0.2, 0.25) is 0 Å². The van der Waals surface area contributed by atoms with Gasteiger partial charge in [0.15, 0.2) is 0 Å². The number of hydrogen-bond acceptors (Lipinski definition) is 6. The lowest BCUT2D eigenvalue weighted by atomic mass is 9.94. The van der Waals surface area contributed by atoms with E-state index in [-0.39, 0.29) is 5.69 Å². The zero-order valence-electron chi connectivity index (χ0n) is 11.1. The molecule has 0 saturated carbocycles. The number of rotatable bonds is 3. The van der Waals surface area contributed by atoms with Gasteiger partial charge in [-0.1, -0.05) is 0 Å². The van der Waals surface area contributed by atoms with Gasteiger partial charge in [-0.05, 0) is 19.8 Å². The number of aromatic nitrogens is 1. The lowest BCUT2D eigenvalue weighted by Crippen LogP contribution is -2.42. The molecule has 2 N–H and O–H groups in total. The van der Waals surface area contributed by atoms with Crippen molar-refractivity contribution in [1.29, 1.82) is 0 Å². The molecule has 0 radical (unpaired) electrons. The van der Waals surface area contributed by atoms with E-state index >= 15 is 0 Å². The largest absolute Gasteiger partial charge is 0.390 e. The molecule has 0 bridgehead atoms. The van der Waals surface area contributed by atoms with Crippen LogP contribution in [0.3, 0.4) is 0 Å². The second-order valence-electron chi connectivity index (χ2n) is 5.06. The van der Waals surface area contributed by atoms with Gasteiger partial charge in [0.25, 0.3) is 5.69 Å². The van der Waals surface area contributed by atoms with Crippen molar-refractivity contribution in [2.75, 3.05) is 30.4 Å². The summed E-state index contributed by atoms with van der Waals surface area (Å²) < 4.78 is 0. The number of nitro groups is 1. The molecule has 0 spiro atoms. The van der Waals surface area contributed by atoms with Crippen LogP contribution in [0.2, 0.25) is 0 Å². The highest BCUT2D eigenvalue weighted by Gasteiger charge is 2.28. The molecule has 1 aliphatic rings. The van der Waals surface area contributed by atoms with Crippen LogP contribution in [-0.4, -0.2) is 40.8 Å². The van der Waals surface area contributed by atoms with Crippen molar-refractivity contribution in [3.63, 3.8) is 0 Å². The molecule has 1 aromatic rings. The molecule has 19 heavy (non-hydrogen) atoms. The zero-order chi connectivity index (χ0) is 14.0. The van der Waals surface area contributed by atoms with Crippen LogP contribution in [0.5, 0.6) is 0 Å². The lowest BCUT2D eigenvalue weighted by molar-refractivity contribution is -0.384. The van der Waals surface area contributed by atoms with E-state index in [1.165, 1.54) is 12.1 Å². The molecule has 1 fully saturated rings. The van der Waals surface area contributed by atoms with Crippen molar-refractivity contribution < 1.29 is 10.0 Å². The first-order valence-electron chi connectivity index (χ1n) is 6.23. The molecule has 7 heteroatoms. The SMILES string of the molecule is CNc1cc([N+](=O)[O-])cc(N2CCC(C)(O)CC2)n1. The van der Waals surface area contributed by atoms with Crippen LogP contribution >= 0.6 is 0 Å². The Morgan fingerprint density at radius 1 is 1.47 bits per heavy atom. The molecule has 0 atom stereocenters. The average molecular weight is 266 g/mol. The smallest absolute Gasteiger partial charge is 0.276 e. The number of aliphatic hydroxyl groups is 1. The van der Waals surface area contributed by atoms with E-state index in [0.29, 0.717) is 37.6 Å². The maximum atomic E-state index is 10.9. The van der Waals surface area contributed by atoms with Gasteiger partial charge in [0.05, 0.1) is 22.7 Å². The molecule has 0 unspecified atom stereocenters. The Morgan fingerprint density at radius 2 is 2.11 bits per heavy atom. The first kappa shape index (κ1) is 13.5. The van der Waals surface area contributed by atoms with Gasteiger partial charge in [-0.15, -0.1) is 0 Å². The molecular weight excluding hydrogens is 248 g/mol. The van der Waals surface area contributed by atoms with Crippen molar-refractivity contribution >= 4 is 17.3 Å². The van der Waals surface area contributed by atoms with Crippen LogP contribution < -0.4 is 10.2 Å². The second-order valence-corrected chi connectivity index (χ2v) is 5.06. The predicted molar refractivity (Wildman–Crippen MR) is 72.5 cm³/mol. The topological polar surface area (TPSA) is 91.5 Å². The molecule has 2 heterocycles. The summed E-state index contributed by atoms with van der Waals surface area (Å²) in [5.74, 6) is 1.05. The third-order valence-electron chi connectivity index (χ3n) is 3.43. The summed E-state index contributed by atoms with van der Waals surface area (Å²) in [6, 6.07) is 2.88. The van der Waals surface area contributed by atoms with Gasteiger partial charge in [-0.25, -0.2) is 4.98 Å². The fourth-order valence-electron chi connectivity index (χ4n) is 2.11. The summed E-state index contributed by atoms with van der Waals surface area (Å²) in [5, 5.41) is 23.6. The standard InChI is InChI=1S/C12H18N4O3/c1-12(17)3-5-15(6-4-12)11-8-9(16(18)19)7-10(13-2)14-11/h7-8,17H,3-6H2,1-2H3,(H,13,14). The quantitative estimate of drug-likeness (QED) is 0.634. The highest BCUT2D eigenvalue weighted by Crippen LogP contribution is 2.28. The summed E-state index contributed by atoms with van der Waals surface area (Å²) in [5.41, 5.74) is -0.630. The minimum Gasteiger partial charge on any atom is -0.390 e. The molecule has 0 aromatic carbocycles. The van der Waals surface area contributed by atoms with Gasteiger partial charge < -0.3 is 15.3 Å². The third-order valence-corrected chi connectivity index (χ3v) is 3.43. The normalized spacial score (nSPS) is 18.2. The first-order chi connectivity index (χ1) is 8.91. The highest BCUT2D eigenvalue weighted by atomic mass is 16.6. The van der Waals surface area contributed by atoms with E-state index in [1.807, 2.05) is 11.8 Å². The Bertz CT molecular complexity index is 480. The van der Waals surface area contributed by atoms with Crippen molar-refractivity contribution in [2.45, 2.75) is 25.4 Å². The Balaban J connectivity index is 2.24. The third kappa shape index (κ3) is 3.11. The number of hydrogen-bond donors (Lipinski definition) is 2. The summed E-state index contributed by atoms with van der Waals surface area (Å²) >= 11 is 0. The Labute approximate surface area is 111 Å². The van der Waals surface area contributed by atoms with E-state index in [2.05, 4.69) is 10.3 Å². The van der Waals surface area contributed by atoms with E-state index in [4.69, 9.17) is 0 Å². The van der Waals surface area contributed by atoms with Gasteiger partial charge in [-0.3, -0.25) is 10.1 Å². The van der Waals surface area contributed by atoms with E-state index < -0.39 is 10.5 Å². The van der Waals surface area contributed by atoms with Gasteiger partial charge in [0, 0.05) is 20.1 Å². The minimum atomic E-state index is -0.650. The number of nitrogens with zero attached hydrogens (tertiary/aromatic N) is 3. The van der Waals surface area contributed by atoms with Crippen LogP contribution in [0, 0.1) is 10.1 Å². The molecule has 7 nitrogen and oxygen atoms in total. The molecule has 0 amide bonds. The van der Waals surface area contributed by atoms with E-state index in [0.717, 1.165) is 0 Å². The Morgan fingerprint density at radius 3 is 2.63 bits per heavy atom. The lowest BCUT2D eigenvalue weighted by Gasteiger charge is -2.36. The van der Waals surface area contributed by atoms with E-state index in [1.54, 1.807) is 7.05 Å². The monoisotopic (exact) mass is 266 g/mol. The number of anilines is 2. The van der Waals surface area contributed by atoms with Crippen LogP contribution in [-0.2, 0) is 0 Å². The van der Waals surface area contributed by atoms with Gasteiger partial charge in [0.1, 0.15) is 11.6 Å². The van der Waals surface area contributed by atoms with Crippen LogP contribution in [0.15, 0.2) is 12.1 Å². The fourth-order valence-corrected chi connectivity index (χ4v) is 2.11. The minimum absolute atomic E-state index is 0.0201. The summed E-state index contributed by atoms with van der Waals surface area (Å²) in [6.45, 7) is 3.10. The molecule has 1 aromatic heterocycles. The highest BCUT2D eigenvalue weighted by molar-refractivity contribution is 5.55. The summed E-state index contributed by atoms with van der Waals surface area (Å²) in [7, 11) is 1.68. The maximum Gasteiger partial charge on any atom is 0.276 e. The molecule has 104 valence electrons. The first-order valence-corrected chi connectivity index (χ1v) is 6.23. The average Bonchev–Trinajstić information content (AvgIpc) is 2.38. The van der Waals surface area contributed by atoms with Crippen LogP contribution in [0.1, 0.15) is 19.8 Å². The zero-order valence-corrected chi connectivity index (χ0v) is 11.1. The molecule has 1 aliphatic heterocycles. The van der Waals surface area contributed by atoms with Crippen molar-refractivity contribution in [3.8, 4) is 0 Å². The van der Waals surface area contributed by atoms with Crippen LogP contribution in [0.25, 0.3) is 0 Å². The summed E-state index contributed by atoms with van der Waals surface area (Å²) in [6.07, 6.45) is 1.26. The van der Waals surface area contributed by atoms with Gasteiger partial charge in [-0.2, -0.15) is 0 Å². The van der Waals surface area contributed by atoms with Crippen molar-refractivity contribution in [3.05, 3.63) is 22.2 Å². The Hall–Kier alpha value is -1.89. The van der Waals surface area contributed by atoms with Crippen molar-refractivity contribution in [2.24, 2.45) is 0 Å². The molecule has 2 rings (SSSR count).